The number of hydrogen-bond donors (Lipinski definition) is 0. The van der Waals surface area contributed by atoms with Gasteiger partial charge in [-0.25, -0.2) is 8.78 Å². The Bertz CT molecular complexity index is 540. The Morgan fingerprint density at radius 1 is 0.947 bits per heavy atom. The maximum atomic E-state index is 13.9. The number of thiophene rings is 2. The quantitative estimate of drug-likeness (QED) is 0.558. The summed E-state index contributed by atoms with van der Waals surface area (Å²) < 4.78 is 27.6. The van der Waals surface area contributed by atoms with E-state index in [0.29, 0.717) is 9.75 Å². The van der Waals surface area contributed by atoms with E-state index in [1.54, 1.807) is 6.07 Å². The fourth-order valence-corrected chi connectivity index (χ4v) is 4.16. The van der Waals surface area contributed by atoms with Crippen molar-refractivity contribution >= 4 is 22.7 Å². The SMILES string of the molecule is CCCCCCc1cc(F)c(-c2sc(C)cc2F)s1. The second kappa shape index (κ2) is 6.62. The van der Waals surface area contributed by atoms with Crippen LogP contribution >= 0.6 is 22.7 Å². The van der Waals surface area contributed by atoms with E-state index in [4.69, 9.17) is 0 Å². The molecule has 4 heteroatoms. The topological polar surface area (TPSA) is 0 Å². The molecule has 2 rings (SSSR count). The largest absolute Gasteiger partial charge is 0.205 e. The second-order valence-electron chi connectivity index (χ2n) is 4.73. The van der Waals surface area contributed by atoms with Crippen molar-refractivity contribution in [3.63, 3.8) is 0 Å². The highest BCUT2D eigenvalue weighted by molar-refractivity contribution is 7.22. The molecule has 0 fully saturated rings. The third-order valence-corrected chi connectivity index (χ3v) is 5.39. The third kappa shape index (κ3) is 3.63. The highest BCUT2D eigenvalue weighted by atomic mass is 32.1. The van der Waals surface area contributed by atoms with Crippen LogP contribution in [0.15, 0.2) is 12.1 Å². The maximum absolute atomic E-state index is 13.9. The van der Waals surface area contributed by atoms with Crippen molar-refractivity contribution in [2.45, 2.75) is 46.0 Å². The average molecular weight is 300 g/mol. The highest BCUT2D eigenvalue weighted by Crippen LogP contribution is 2.38. The van der Waals surface area contributed by atoms with E-state index < -0.39 is 0 Å². The lowest BCUT2D eigenvalue weighted by molar-refractivity contribution is 0.622. The molecule has 0 N–H and O–H groups in total. The molecule has 0 radical (unpaired) electrons. The van der Waals surface area contributed by atoms with Crippen molar-refractivity contribution in [1.82, 2.24) is 0 Å². The van der Waals surface area contributed by atoms with Gasteiger partial charge in [-0.2, -0.15) is 0 Å². The Labute approximate surface area is 121 Å². The predicted octanol–water partition coefficient (Wildman–Crippen LogP) is 6.19. The molecule has 0 amide bonds. The van der Waals surface area contributed by atoms with E-state index in [2.05, 4.69) is 6.92 Å². The molecule has 0 nitrogen and oxygen atoms in total. The summed E-state index contributed by atoms with van der Waals surface area (Å²) in [5.41, 5.74) is 0. The molecule has 0 bridgehead atoms. The smallest absolute Gasteiger partial charge is 0.143 e. The number of hydrogen-bond acceptors (Lipinski definition) is 2. The van der Waals surface area contributed by atoms with Gasteiger partial charge < -0.3 is 0 Å². The lowest BCUT2D eigenvalue weighted by Gasteiger charge is -1.96. The number of aryl methyl sites for hydroxylation is 2. The molecule has 19 heavy (non-hydrogen) atoms. The normalized spacial score (nSPS) is 11.2. The molecule has 2 heterocycles. The van der Waals surface area contributed by atoms with Gasteiger partial charge >= 0.3 is 0 Å². The zero-order valence-corrected chi connectivity index (χ0v) is 12.9. The first-order chi connectivity index (χ1) is 9.11. The third-order valence-electron chi connectivity index (χ3n) is 3.03. The molecule has 0 aromatic carbocycles. The maximum Gasteiger partial charge on any atom is 0.143 e. The van der Waals surface area contributed by atoms with E-state index >= 15 is 0 Å². The minimum Gasteiger partial charge on any atom is -0.205 e. The summed E-state index contributed by atoms with van der Waals surface area (Å²) in [4.78, 5) is 2.81. The highest BCUT2D eigenvalue weighted by Gasteiger charge is 2.17. The van der Waals surface area contributed by atoms with Crippen LogP contribution in [0.4, 0.5) is 8.78 Å². The Hall–Kier alpha value is -0.740. The molecule has 0 spiro atoms. The van der Waals surface area contributed by atoms with E-state index in [9.17, 15) is 8.78 Å². The fourth-order valence-electron chi connectivity index (χ4n) is 2.06. The van der Waals surface area contributed by atoms with Gasteiger partial charge in [0.25, 0.3) is 0 Å². The van der Waals surface area contributed by atoms with Crippen molar-refractivity contribution in [2.24, 2.45) is 0 Å². The van der Waals surface area contributed by atoms with E-state index in [1.165, 1.54) is 48.0 Å². The van der Waals surface area contributed by atoms with Gasteiger partial charge in [-0.3, -0.25) is 0 Å². The van der Waals surface area contributed by atoms with Gasteiger partial charge in [-0.05, 0) is 31.9 Å². The van der Waals surface area contributed by atoms with Crippen molar-refractivity contribution in [1.29, 1.82) is 0 Å². The van der Waals surface area contributed by atoms with Gasteiger partial charge in [0.1, 0.15) is 11.6 Å². The standard InChI is InChI=1S/C15H18F2S2/c1-3-4-5-6-7-11-9-13(17)15(19-11)14-12(16)8-10(2)18-14/h8-9H,3-7H2,1-2H3. The van der Waals surface area contributed by atoms with Crippen molar-refractivity contribution in [2.75, 3.05) is 0 Å². The second-order valence-corrected chi connectivity index (χ2v) is 7.13. The summed E-state index contributed by atoms with van der Waals surface area (Å²) >= 11 is 2.72. The number of unbranched alkanes of at least 4 members (excludes halogenated alkanes) is 3. The predicted molar refractivity (Wildman–Crippen MR) is 80.1 cm³/mol. The lowest BCUT2D eigenvalue weighted by Crippen LogP contribution is -1.80. The van der Waals surface area contributed by atoms with Gasteiger partial charge in [0.2, 0.25) is 0 Å². The molecule has 0 aliphatic carbocycles. The lowest BCUT2D eigenvalue weighted by atomic mass is 10.1. The Kier molecular flexibility index (Phi) is 5.11. The summed E-state index contributed by atoms with van der Waals surface area (Å²) in [6.07, 6.45) is 5.58. The molecular formula is C15H18F2S2. The summed E-state index contributed by atoms with van der Waals surface area (Å²) in [6.45, 7) is 4.01. The van der Waals surface area contributed by atoms with Crippen LogP contribution in [-0.2, 0) is 6.42 Å². The molecule has 0 saturated heterocycles. The summed E-state index contributed by atoms with van der Waals surface area (Å²) in [5.74, 6) is -0.586. The van der Waals surface area contributed by atoms with Crippen LogP contribution in [0.3, 0.4) is 0 Å². The molecule has 2 aromatic rings. The minimum absolute atomic E-state index is 0.281. The first kappa shape index (κ1) is 14.7. The van der Waals surface area contributed by atoms with Gasteiger partial charge in [0, 0.05) is 9.75 Å². The molecule has 2 aromatic heterocycles. The number of halogens is 2. The molecule has 0 atom stereocenters. The summed E-state index contributed by atoms with van der Waals surface area (Å²) in [6, 6.07) is 3.04. The van der Waals surface area contributed by atoms with Crippen molar-refractivity contribution in [3.05, 3.63) is 33.5 Å². The zero-order valence-electron chi connectivity index (χ0n) is 11.3. The monoisotopic (exact) mass is 300 g/mol. The van der Waals surface area contributed by atoms with E-state index in [0.717, 1.165) is 22.6 Å². The zero-order chi connectivity index (χ0) is 13.8. The molecule has 104 valence electrons. The first-order valence-corrected chi connectivity index (χ1v) is 8.29. The van der Waals surface area contributed by atoms with Crippen LogP contribution in [0.5, 0.6) is 0 Å². The van der Waals surface area contributed by atoms with Crippen molar-refractivity contribution < 1.29 is 8.78 Å². The molecule has 0 unspecified atom stereocenters. The molecule has 0 aliphatic heterocycles. The van der Waals surface area contributed by atoms with Crippen LogP contribution in [0.2, 0.25) is 0 Å². The Balaban J connectivity index is 2.10. The van der Waals surface area contributed by atoms with Gasteiger partial charge in [-0.15, -0.1) is 22.7 Å². The van der Waals surface area contributed by atoms with E-state index in [1.807, 2.05) is 6.92 Å². The van der Waals surface area contributed by atoms with Gasteiger partial charge in [-0.1, -0.05) is 26.2 Å². The summed E-state index contributed by atoms with van der Waals surface area (Å²) in [7, 11) is 0. The number of rotatable bonds is 6. The van der Waals surface area contributed by atoms with Crippen molar-refractivity contribution in [3.8, 4) is 9.75 Å². The molecule has 0 aliphatic rings. The fraction of sp³-hybridized carbons (Fsp3) is 0.467. The van der Waals surface area contributed by atoms with Gasteiger partial charge in [0.05, 0.1) is 9.75 Å². The first-order valence-electron chi connectivity index (χ1n) is 6.66. The molecule has 0 saturated carbocycles. The Morgan fingerprint density at radius 2 is 1.63 bits per heavy atom. The van der Waals surface area contributed by atoms with Crippen LogP contribution in [0.1, 0.15) is 42.4 Å². The summed E-state index contributed by atoms with van der Waals surface area (Å²) in [5, 5.41) is 0. The minimum atomic E-state index is -0.305. The van der Waals surface area contributed by atoms with Crippen LogP contribution in [0.25, 0.3) is 9.75 Å². The van der Waals surface area contributed by atoms with Crippen LogP contribution in [-0.4, -0.2) is 0 Å². The molecular weight excluding hydrogens is 282 g/mol. The van der Waals surface area contributed by atoms with Crippen LogP contribution < -0.4 is 0 Å². The average Bonchev–Trinajstić information content (AvgIpc) is 2.88. The van der Waals surface area contributed by atoms with Crippen LogP contribution in [0, 0.1) is 18.6 Å². The van der Waals surface area contributed by atoms with E-state index in [-0.39, 0.29) is 11.6 Å². The Morgan fingerprint density at radius 3 is 2.26 bits per heavy atom. The van der Waals surface area contributed by atoms with Gasteiger partial charge in [0.15, 0.2) is 0 Å².